The Labute approximate surface area is 121 Å². The normalized spacial score (nSPS) is 19.2. The van der Waals surface area contributed by atoms with Crippen LogP contribution in [-0.2, 0) is 4.74 Å². The molecule has 0 unspecified atom stereocenters. The predicted octanol–water partition coefficient (Wildman–Crippen LogP) is 3.77. The Kier molecular flexibility index (Phi) is 4.02. The fourth-order valence-corrected chi connectivity index (χ4v) is 2.68. The van der Waals surface area contributed by atoms with E-state index in [0.717, 1.165) is 36.3 Å². The van der Waals surface area contributed by atoms with Gasteiger partial charge in [0.05, 0.1) is 6.04 Å². The van der Waals surface area contributed by atoms with Crippen molar-refractivity contribution in [3.8, 4) is 0 Å². The molecule has 1 atom stereocenters. The molecule has 2 rings (SSSR count). The van der Waals surface area contributed by atoms with Crippen molar-refractivity contribution in [1.82, 2.24) is 9.88 Å². The van der Waals surface area contributed by atoms with Gasteiger partial charge in [0.1, 0.15) is 5.60 Å². The number of aromatic nitrogens is 1. The van der Waals surface area contributed by atoms with Gasteiger partial charge in [-0.05, 0) is 59.1 Å². The molecule has 1 aliphatic heterocycles. The van der Waals surface area contributed by atoms with E-state index in [0.29, 0.717) is 0 Å². The van der Waals surface area contributed by atoms with E-state index in [-0.39, 0.29) is 12.1 Å². The van der Waals surface area contributed by atoms with E-state index in [9.17, 15) is 4.79 Å². The van der Waals surface area contributed by atoms with Gasteiger partial charge < -0.3 is 9.64 Å². The number of ether oxygens (including phenoxy) is 1. The maximum Gasteiger partial charge on any atom is 0.410 e. The van der Waals surface area contributed by atoms with Gasteiger partial charge in [-0.25, -0.2) is 4.79 Å². The van der Waals surface area contributed by atoms with E-state index in [1.807, 2.05) is 45.6 Å². The Balaban J connectivity index is 2.21. The predicted molar refractivity (Wildman–Crippen MR) is 78.6 cm³/mol. The Hall–Kier alpha value is -1.58. The van der Waals surface area contributed by atoms with Gasteiger partial charge >= 0.3 is 6.09 Å². The molecule has 1 aliphatic rings. The van der Waals surface area contributed by atoms with Crippen LogP contribution >= 0.6 is 0 Å². The van der Waals surface area contributed by atoms with E-state index < -0.39 is 5.60 Å². The Morgan fingerprint density at radius 2 is 2.05 bits per heavy atom. The number of nitrogens with zero attached hydrogens (tertiary/aromatic N) is 2. The molecular weight excluding hydrogens is 252 g/mol. The zero-order chi connectivity index (χ0) is 14.9. The first-order chi connectivity index (χ1) is 9.28. The van der Waals surface area contributed by atoms with Gasteiger partial charge in [-0.2, -0.15) is 0 Å². The molecule has 1 fully saturated rings. The van der Waals surface area contributed by atoms with Crippen molar-refractivity contribution in [2.24, 2.45) is 0 Å². The maximum atomic E-state index is 12.3. The van der Waals surface area contributed by atoms with Crippen LogP contribution in [0, 0.1) is 13.8 Å². The summed E-state index contributed by atoms with van der Waals surface area (Å²) in [5, 5.41) is 0. The first-order valence-corrected chi connectivity index (χ1v) is 7.22. The van der Waals surface area contributed by atoms with Crippen molar-refractivity contribution in [2.45, 2.75) is 59.1 Å². The van der Waals surface area contributed by atoms with E-state index in [1.54, 1.807) is 0 Å². The van der Waals surface area contributed by atoms with Crippen molar-refractivity contribution in [1.29, 1.82) is 0 Å². The number of likely N-dealkylation sites (tertiary alicyclic amines) is 1. The summed E-state index contributed by atoms with van der Waals surface area (Å²) < 4.78 is 5.50. The Morgan fingerprint density at radius 3 is 2.65 bits per heavy atom. The molecule has 2 heterocycles. The molecule has 0 N–H and O–H groups in total. The van der Waals surface area contributed by atoms with E-state index >= 15 is 0 Å². The second-order valence-corrected chi connectivity index (χ2v) is 6.46. The van der Waals surface area contributed by atoms with Crippen molar-refractivity contribution >= 4 is 6.09 Å². The molecule has 20 heavy (non-hydrogen) atoms. The largest absolute Gasteiger partial charge is 0.444 e. The summed E-state index contributed by atoms with van der Waals surface area (Å²) in [6.45, 7) is 10.4. The second-order valence-electron chi connectivity index (χ2n) is 6.46. The van der Waals surface area contributed by atoms with Gasteiger partial charge in [0.15, 0.2) is 0 Å². The van der Waals surface area contributed by atoms with Gasteiger partial charge in [-0.15, -0.1) is 0 Å². The Bertz CT molecular complexity index is 506. The summed E-state index contributed by atoms with van der Waals surface area (Å²) in [5.74, 6) is 0. The summed E-state index contributed by atoms with van der Waals surface area (Å²) in [7, 11) is 0. The van der Waals surface area contributed by atoms with Gasteiger partial charge in [0.25, 0.3) is 0 Å². The zero-order valence-electron chi connectivity index (χ0n) is 13.1. The molecule has 0 radical (unpaired) electrons. The van der Waals surface area contributed by atoms with Crippen molar-refractivity contribution in [2.75, 3.05) is 6.54 Å². The van der Waals surface area contributed by atoms with Crippen LogP contribution in [0.2, 0.25) is 0 Å². The van der Waals surface area contributed by atoms with Gasteiger partial charge in [0, 0.05) is 17.9 Å². The summed E-state index contributed by atoms with van der Waals surface area (Å²) in [6.07, 6.45) is 1.77. The number of carbonyl (C=O) groups is 1. The monoisotopic (exact) mass is 276 g/mol. The van der Waals surface area contributed by atoms with E-state index in [1.165, 1.54) is 0 Å². The fourth-order valence-electron chi connectivity index (χ4n) is 2.68. The van der Waals surface area contributed by atoms with Crippen molar-refractivity contribution < 1.29 is 9.53 Å². The molecule has 0 bridgehead atoms. The lowest BCUT2D eigenvalue weighted by Crippen LogP contribution is -2.36. The van der Waals surface area contributed by atoms with Gasteiger partial charge in [0.2, 0.25) is 0 Å². The van der Waals surface area contributed by atoms with Crippen LogP contribution in [0.5, 0.6) is 0 Å². The second kappa shape index (κ2) is 5.43. The topological polar surface area (TPSA) is 42.4 Å². The summed E-state index contributed by atoms with van der Waals surface area (Å²) >= 11 is 0. The SMILES string of the molecule is Cc1ccc([C@H]2CCCN2C(=O)OC(C)(C)C)c(C)n1. The number of aryl methyl sites for hydroxylation is 2. The average Bonchev–Trinajstić information content (AvgIpc) is 2.75. The molecule has 1 amide bonds. The first-order valence-electron chi connectivity index (χ1n) is 7.22. The molecule has 1 aromatic heterocycles. The highest BCUT2D eigenvalue weighted by molar-refractivity contribution is 5.69. The molecule has 1 saturated heterocycles. The molecule has 0 saturated carbocycles. The number of carbonyl (C=O) groups excluding carboxylic acids is 1. The summed E-state index contributed by atoms with van der Waals surface area (Å²) in [4.78, 5) is 18.7. The number of rotatable bonds is 1. The Morgan fingerprint density at radius 1 is 1.35 bits per heavy atom. The smallest absolute Gasteiger partial charge is 0.410 e. The molecule has 110 valence electrons. The maximum absolute atomic E-state index is 12.3. The molecule has 4 nitrogen and oxygen atoms in total. The van der Waals surface area contributed by atoms with Crippen molar-refractivity contribution in [3.63, 3.8) is 0 Å². The van der Waals surface area contributed by atoms with E-state index in [4.69, 9.17) is 4.74 Å². The van der Waals surface area contributed by atoms with Crippen LogP contribution < -0.4 is 0 Å². The average molecular weight is 276 g/mol. The lowest BCUT2D eigenvalue weighted by molar-refractivity contribution is 0.0224. The van der Waals surface area contributed by atoms with Crippen LogP contribution in [0.3, 0.4) is 0 Å². The molecule has 1 aromatic rings. The van der Waals surface area contributed by atoms with Crippen LogP contribution in [0.4, 0.5) is 4.79 Å². The third kappa shape index (κ3) is 3.30. The van der Waals surface area contributed by atoms with Crippen molar-refractivity contribution in [3.05, 3.63) is 29.1 Å². The molecule has 4 heteroatoms. The highest BCUT2D eigenvalue weighted by Gasteiger charge is 2.33. The number of amides is 1. The standard InChI is InChI=1S/C16H24N2O2/c1-11-8-9-13(12(2)17-11)14-7-6-10-18(14)15(19)20-16(3,4)5/h8-9,14H,6-7,10H2,1-5H3/t14-/m1/s1. The zero-order valence-corrected chi connectivity index (χ0v) is 13.1. The van der Waals surface area contributed by atoms with E-state index in [2.05, 4.69) is 11.1 Å². The minimum absolute atomic E-state index is 0.0953. The van der Waals surface area contributed by atoms with Crippen LogP contribution in [0.15, 0.2) is 12.1 Å². The highest BCUT2D eigenvalue weighted by atomic mass is 16.6. The molecule has 0 aromatic carbocycles. The molecule has 0 spiro atoms. The number of pyridine rings is 1. The van der Waals surface area contributed by atoms with Gasteiger partial charge in [-0.1, -0.05) is 6.07 Å². The minimum atomic E-state index is -0.454. The van der Waals surface area contributed by atoms with Crippen LogP contribution in [-0.4, -0.2) is 28.1 Å². The van der Waals surface area contributed by atoms with Crippen LogP contribution in [0.25, 0.3) is 0 Å². The third-order valence-corrected chi connectivity index (χ3v) is 3.51. The fraction of sp³-hybridized carbons (Fsp3) is 0.625. The summed E-state index contributed by atoms with van der Waals surface area (Å²) in [6, 6.07) is 4.19. The first kappa shape index (κ1) is 14.8. The van der Waals surface area contributed by atoms with Crippen LogP contribution in [0.1, 0.15) is 56.6 Å². The summed E-state index contributed by atoms with van der Waals surface area (Å²) in [5.41, 5.74) is 2.70. The molecule has 0 aliphatic carbocycles. The minimum Gasteiger partial charge on any atom is -0.444 e. The van der Waals surface area contributed by atoms with Gasteiger partial charge in [-0.3, -0.25) is 4.98 Å². The number of hydrogen-bond donors (Lipinski definition) is 0. The molecular formula is C16H24N2O2. The quantitative estimate of drug-likeness (QED) is 0.784. The lowest BCUT2D eigenvalue weighted by Gasteiger charge is -2.29. The lowest BCUT2D eigenvalue weighted by atomic mass is 10.0. The highest BCUT2D eigenvalue weighted by Crippen LogP contribution is 2.34. The third-order valence-electron chi connectivity index (χ3n) is 3.51. The number of hydrogen-bond acceptors (Lipinski definition) is 3.